The maximum Gasteiger partial charge on any atom is 0.274 e. The molecule has 8 nitrogen and oxygen atoms in total. The van der Waals surface area contributed by atoms with Gasteiger partial charge in [0.25, 0.3) is 5.91 Å². The molecule has 3 heterocycles. The number of rotatable bonds is 5. The second-order valence-electron chi connectivity index (χ2n) is 7.89. The highest BCUT2D eigenvalue weighted by Crippen LogP contribution is 2.36. The van der Waals surface area contributed by atoms with Crippen LogP contribution in [0.5, 0.6) is 0 Å². The number of nitrogens with one attached hydrogen (secondary N) is 1. The minimum atomic E-state index is -0.912. The maximum absolute atomic E-state index is 14.4. The van der Waals surface area contributed by atoms with Crippen molar-refractivity contribution in [2.75, 3.05) is 5.32 Å². The molecule has 10 heteroatoms. The molecule has 3 aromatic rings. The Kier molecular flexibility index (Phi) is 7.06. The van der Waals surface area contributed by atoms with Crippen molar-refractivity contribution >= 4 is 11.6 Å². The number of ether oxygens (including phenoxy) is 1. The number of pyridine rings is 2. The number of benzene rings is 1. The fourth-order valence-electron chi connectivity index (χ4n) is 3.95. The summed E-state index contributed by atoms with van der Waals surface area (Å²) in [5, 5.41) is 31.1. The van der Waals surface area contributed by atoms with E-state index in [2.05, 4.69) is 15.3 Å². The highest BCUT2D eigenvalue weighted by Gasteiger charge is 2.32. The number of aliphatic hydroxyl groups is 1. The van der Waals surface area contributed by atoms with Crippen LogP contribution in [0.4, 0.5) is 14.5 Å². The summed E-state index contributed by atoms with van der Waals surface area (Å²) in [6, 6.07) is 11.3. The number of carbonyl (C=O) groups is 1. The van der Waals surface area contributed by atoms with Crippen LogP contribution in [0.15, 0.2) is 48.8 Å². The molecular weight excluding hydrogens is 456 g/mol. The SMILES string of the molecule is N#CCC1OC(c2ccncc2NC(=O)c2ccc(C#N)c(-c3c(F)cccc3F)n2)CCC1O. The van der Waals surface area contributed by atoms with Gasteiger partial charge in [-0.1, -0.05) is 6.07 Å². The summed E-state index contributed by atoms with van der Waals surface area (Å²) in [5.74, 6) is -2.51. The summed E-state index contributed by atoms with van der Waals surface area (Å²) >= 11 is 0. The molecular formula is C25H19F2N5O3. The van der Waals surface area contributed by atoms with Crippen molar-refractivity contribution in [3.8, 4) is 23.4 Å². The third-order valence-corrected chi connectivity index (χ3v) is 5.68. The molecule has 0 radical (unpaired) electrons. The Morgan fingerprint density at radius 1 is 1.17 bits per heavy atom. The van der Waals surface area contributed by atoms with Crippen molar-refractivity contribution in [2.45, 2.75) is 37.6 Å². The summed E-state index contributed by atoms with van der Waals surface area (Å²) in [7, 11) is 0. The van der Waals surface area contributed by atoms with Crippen LogP contribution < -0.4 is 5.32 Å². The van der Waals surface area contributed by atoms with Crippen molar-refractivity contribution in [1.82, 2.24) is 9.97 Å². The van der Waals surface area contributed by atoms with E-state index in [1.165, 1.54) is 30.6 Å². The molecule has 3 atom stereocenters. The van der Waals surface area contributed by atoms with Crippen LogP contribution in [0.25, 0.3) is 11.3 Å². The Labute approximate surface area is 199 Å². The lowest BCUT2D eigenvalue weighted by Gasteiger charge is -2.33. The maximum atomic E-state index is 14.4. The molecule has 1 aromatic carbocycles. The van der Waals surface area contributed by atoms with Crippen LogP contribution in [0.1, 0.15) is 47.0 Å². The minimum absolute atomic E-state index is 0.0228. The van der Waals surface area contributed by atoms with Crippen molar-refractivity contribution in [2.24, 2.45) is 0 Å². The van der Waals surface area contributed by atoms with Crippen molar-refractivity contribution < 1.29 is 23.4 Å². The second kappa shape index (κ2) is 10.3. The van der Waals surface area contributed by atoms with Gasteiger partial charge in [0.2, 0.25) is 0 Å². The average molecular weight is 475 g/mol. The van der Waals surface area contributed by atoms with E-state index in [-0.39, 0.29) is 23.4 Å². The lowest BCUT2D eigenvalue weighted by Crippen LogP contribution is -2.35. The van der Waals surface area contributed by atoms with Crippen LogP contribution in [0.3, 0.4) is 0 Å². The minimum Gasteiger partial charge on any atom is -0.390 e. The number of aliphatic hydroxyl groups excluding tert-OH is 1. The highest BCUT2D eigenvalue weighted by atomic mass is 19.1. The lowest BCUT2D eigenvalue weighted by atomic mass is 9.95. The molecule has 1 fully saturated rings. The van der Waals surface area contributed by atoms with Crippen LogP contribution >= 0.6 is 0 Å². The standard InChI is InChI=1S/C25H19F2N5O3/c26-16-2-1-3-17(27)23(16)24-14(12-29)4-5-18(31-24)25(34)32-19-13-30-11-9-15(19)21-7-6-20(33)22(35-21)8-10-28/h1-5,9,11,13,20-22,33H,6-8H2,(H,32,34). The Morgan fingerprint density at radius 2 is 1.94 bits per heavy atom. The first-order valence-electron chi connectivity index (χ1n) is 10.7. The Morgan fingerprint density at radius 3 is 2.66 bits per heavy atom. The van der Waals surface area contributed by atoms with Gasteiger partial charge in [0.15, 0.2) is 0 Å². The molecule has 1 aliphatic heterocycles. The molecule has 0 bridgehead atoms. The zero-order valence-corrected chi connectivity index (χ0v) is 18.3. The fourth-order valence-corrected chi connectivity index (χ4v) is 3.95. The summed E-state index contributed by atoms with van der Waals surface area (Å²) in [6.45, 7) is 0. The van der Waals surface area contributed by atoms with Crippen molar-refractivity contribution in [1.29, 1.82) is 10.5 Å². The number of hydrogen-bond donors (Lipinski definition) is 2. The number of nitriles is 2. The molecule has 4 rings (SSSR count). The van der Waals surface area contributed by atoms with E-state index < -0.39 is 41.4 Å². The summed E-state index contributed by atoms with van der Waals surface area (Å²) < 4.78 is 34.6. The fraction of sp³-hybridized carbons (Fsp3) is 0.240. The number of nitrogens with zero attached hydrogens (tertiary/aromatic N) is 4. The average Bonchev–Trinajstić information content (AvgIpc) is 2.86. The van der Waals surface area contributed by atoms with Crippen LogP contribution in [0.2, 0.25) is 0 Å². The smallest absolute Gasteiger partial charge is 0.274 e. The number of halogens is 2. The molecule has 176 valence electrons. The predicted octanol–water partition coefficient (Wildman–Crippen LogP) is 4.04. The molecule has 35 heavy (non-hydrogen) atoms. The van der Waals surface area contributed by atoms with Gasteiger partial charge in [0.05, 0.1) is 59.5 Å². The summed E-state index contributed by atoms with van der Waals surface area (Å²) in [4.78, 5) is 21.1. The molecule has 2 N–H and O–H groups in total. The first-order chi connectivity index (χ1) is 16.9. The number of aromatic nitrogens is 2. The summed E-state index contributed by atoms with van der Waals surface area (Å²) in [5.41, 5.74) is -0.134. The van der Waals surface area contributed by atoms with Gasteiger partial charge in [0, 0.05) is 11.8 Å². The number of amides is 1. The molecule has 0 aliphatic carbocycles. The molecule has 2 aromatic heterocycles. The number of carbonyl (C=O) groups excluding carboxylic acids is 1. The van der Waals surface area contributed by atoms with Gasteiger partial charge in [0.1, 0.15) is 23.4 Å². The van der Waals surface area contributed by atoms with Crippen LogP contribution in [0, 0.1) is 34.3 Å². The number of anilines is 1. The Hall–Kier alpha value is -4.25. The second-order valence-corrected chi connectivity index (χ2v) is 7.89. The number of hydrogen-bond acceptors (Lipinski definition) is 7. The topological polar surface area (TPSA) is 132 Å². The largest absolute Gasteiger partial charge is 0.390 e. The van der Waals surface area contributed by atoms with Gasteiger partial charge < -0.3 is 15.2 Å². The molecule has 0 spiro atoms. The Balaban J connectivity index is 1.64. The third kappa shape index (κ3) is 4.99. The van der Waals surface area contributed by atoms with Crippen LogP contribution in [-0.2, 0) is 4.74 Å². The molecule has 0 saturated carbocycles. The summed E-state index contributed by atoms with van der Waals surface area (Å²) in [6.07, 6.45) is 1.93. The van der Waals surface area contributed by atoms with Gasteiger partial charge in [-0.2, -0.15) is 10.5 Å². The van der Waals surface area contributed by atoms with E-state index in [0.29, 0.717) is 24.1 Å². The molecule has 3 unspecified atom stereocenters. The quantitative estimate of drug-likeness (QED) is 0.569. The molecule has 1 amide bonds. The zero-order chi connectivity index (χ0) is 24.9. The van der Waals surface area contributed by atoms with E-state index >= 15 is 0 Å². The van der Waals surface area contributed by atoms with E-state index in [1.807, 2.05) is 12.1 Å². The molecule has 1 saturated heterocycles. The van der Waals surface area contributed by atoms with Gasteiger partial charge in [-0.3, -0.25) is 9.78 Å². The van der Waals surface area contributed by atoms with Crippen molar-refractivity contribution in [3.05, 3.63) is 77.2 Å². The monoisotopic (exact) mass is 475 g/mol. The Bertz CT molecular complexity index is 1330. The van der Waals surface area contributed by atoms with Gasteiger partial charge in [-0.05, 0) is 43.2 Å². The predicted molar refractivity (Wildman–Crippen MR) is 120 cm³/mol. The lowest BCUT2D eigenvalue weighted by molar-refractivity contribution is -0.116. The third-order valence-electron chi connectivity index (χ3n) is 5.68. The normalized spacial score (nSPS) is 19.4. The van der Waals surface area contributed by atoms with E-state index in [4.69, 9.17) is 10.00 Å². The molecule has 1 aliphatic rings. The van der Waals surface area contributed by atoms with E-state index in [9.17, 15) is 23.9 Å². The highest BCUT2D eigenvalue weighted by molar-refractivity contribution is 6.03. The first kappa shape index (κ1) is 23.9. The zero-order valence-electron chi connectivity index (χ0n) is 18.3. The first-order valence-corrected chi connectivity index (χ1v) is 10.7. The van der Waals surface area contributed by atoms with E-state index in [0.717, 1.165) is 12.1 Å². The van der Waals surface area contributed by atoms with Crippen LogP contribution in [-0.4, -0.2) is 33.2 Å². The van der Waals surface area contributed by atoms with Gasteiger partial charge >= 0.3 is 0 Å². The van der Waals surface area contributed by atoms with Crippen molar-refractivity contribution in [3.63, 3.8) is 0 Å². The van der Waals surface area contributed by atoms with Gasteiger partial charge in [-0.15, -0.1) is 0 Å². The van der Waals surface area contributed by atoms with Gasteiger partial charge in [-0.25, -0.2) is 13.8 Å². The van der Waals surface area contributed by atoms with E-state index in [1.54, 1.807) is 6.07 Å².